The minimum Gasteiger partial charge on any atom is -0.306 e. The van der Waals surface area contributed by atoms with Crippen molar-refractivity contribution in [1.29, 1.82) is 0 Å². The number of hydrogen-bond acceptors (Lipinski definition) is 4. The molecule has 0 radical (unpaired) electrons. The third-order valence-electron chi connectivity index (χ3n) is 2.20. The molecule has 0 aliphatic heterocycles. The number of nitrogens with one attached hydrogen (secondary N) is 3. The van der Waals surface area contributed by atoms with Crippen LogP contribution < -0.4 is 10.6 Å². The van der Waals surface area contributed by atoms with Crippen LogP contribution >= 0.6 is 0 Å². The number of hydrogen-bond donors (Lipinski definition) is 3. The van der Waals surface area contributed by atoms with E-state index >= 15 is 0 Å². The van der Waals surface area contributed by atoms with Crippen LogP contribution in [0.4, 0.5) is 13.2 Å². The average Bonchev–Trinajstić information content (AvgIpc) is 2.65. The van der Waals surface area contributed by atoms with Gasteiger partial charge in [0.25, 0.3) is 10.0 Å². The molecule has 0 amide bonds. The third kappa shape index (κ3) is 3.37. The zero-order chi connectivity index (χ0) is 15.0. The van der Waals surface area contributed by atoms with Crippen molar-refractivity contribution in [2.24, 2.45) is 0 Å². The molecule has 20 heavy (non-hydrogen) atoms. The number of halogens is 3. The summed E-state index contributed by atoms with van der Waals surface area (Å²) in [7, 11) is -4.27. The van der Waals surface area contributed by atoms with Crippen molar-refractivity contribution in [3.63, 3.8) is 0 Å². The van der Waals surface area contributed by atoms with Crippen LogP contribution in [0, 0.1) is 0 Å². The van der Waals surface area contributed by atoms with Crippen LogP contribution in [0.1, 0.15) is 0 Å². The Hall–Kier alpha value is -1.85. The summed E-state index contributed by atoms with van der Waals surface area (Å²) in [5.41, 5.74) is 0.0367. The highest BCUT2D eigenvalue weighted by molar-refractivity contribution is 7.89. The second kappa shape index (κ2) is 4.92. The van der Waals surface area contributed by atoms with Gasteiger partial charge in [-0.2, -0.15) is 13.2 Å². The van der Waals surface area contributed by atoms with Crippen molar-refractivity contribution in [1.82, 2.24) is 14.9 Å². The smallest absolute Gasteiger partial charge is 0.306 e. The summed E-state index contributed by atoms with van der Waals surface area (Å²) in [5.74, 6) is 0. The molecule has 1 aromatic carbocycles. The first-order chi connectivity index (χ1) is 9.17. The Labute approximate surface area is 109 Å². The topological polar surface area (TPSA) is 104 Å². The van der Waals surface area contributed by atoms with Crippen molar-refractivity contribution in [3.05, 3.63) is 28.7 Å². The Kier molecular flexibility index (Phi) is 3.58. The largest absolute Gasteiger partial charge is 0.413 e. The Morgan fingerprint density at radius 3 is 2.50 bits per heavy atom. The van der Waals surface area contributed by atoms with E-state index in [9.17, 15) is 26.4 Å². The summed E-state index contributed by atoms with van der Waals surface area (Å²) in [6, 6.07) is 3.50. The Morgan fingerprint density at radius 1 is 1.20 bits per heavy atom. The van der Waals surface area contributed by atoms with Gasteiger partial charge in [-0.3, -0.25) is 4.84 Å². The highest BCUT2D eigenvalue weighted by atomic mass is 32.2. The maximum absolute atomic E-state index is 11.8. The summed E-state index contributed by atoms with van der Waals surface area (Å²) < 4.78 is 58.8. The number of H-pyrrole nitrogens is 2. The minimum absolute atomic E-state index is 0.202. The highest BCUT2D eigenvalue weighted by Gasteiger charge is 2.29. The second-order valence-corrected chi connectivity index (χ2v) is 5.42. The van der Waals surface area contributed by atoms with Gasteiger partial charge in [0.05, 0.1) is 15.9 Å². The molecule has 0 saturated heterocycles. The summed E-state index contributed by atoms with van der Waals surface area (Å²) in [5, 5.41) is 0. The molecule has 0 fully saturated rings. The molecule has 1 heterocycles. The van der Waals surface area contributed by atoms with Gasteiger partial charge < -0.3 is 9.97 Å². The molecule has 7 nitrogen and oxygen atoms in total. The zero-order valence-corrected chi connectivity index (χ0v) is 10.4. The summed E-state index contributed by atoms with van der Waals surface area (Å²) >= 11 is 0. The quantitative estimate of drug-likeness (QED) is 0.720. The van der Waals surface area contributed by atoms with Crippen LogP contribution in [0.25, 0.3) is 11.0 Å². The number of aromatic amines is 2. The van der Waals surface area contributed by atoms with Crippen molar-refractivity contribution >= 4 is 21.1 Å². The fraction of sp³-hybridized carbons (Fsp3) is 0.222. The molecule has 2 aromatic rings. The number of imidazole rings is 1. The zero-order valence-electron chi connectivity index (χ0n) is 9.61. The SMILES string of the molecule is O=c1[nH]c2ccc(S(=O)(=O)NOCC(F)(F)F)cc2[nH]1. The molecule has 0 saturated carbocycles. The standard InChI is InChI=1S/C9H8F3N3O4S/c10-9(11,12)4-19-15-20(17,18)5-1-2-6-7(3-5)14-8(16)13-6/h1-3,15H,4H2,(H2,13,14,16). The van der Waals surface area contributed by atoms with Crippen LogP contribution in [0.5, 0.6) is 0 Å². The molecule has 11 heteroatoms. The summed E-state index contributed by atoms with van der Waals surface area (Å²) in [6.45, 7) is -1.75. The predicted molar refractivity (Wildman–Crippen MR) is 61.2 cm³/mol. The van der Waals surface area contributed by atoms with E-state index in [0.717, 1.165) is 12.1 Å². The minimum atomic E-state index is -4.65. The molecule has 0 spiro atoms. The molecule has 0 bridgehead atoms. The lowest BCUT2D eigenvalue weighted by atomic mass is 10.3. The van der Waals surface area contributed by atoms with E-state index in [1.54, 1.807) is 0 Å². The predicted octanol–water partition coefficient (Wildman–Crippen LogP) is 0.628. The van der Waals surface area contributed by atoms with Crippen LogP contribution in [0.2, 0.25) is 0 Å². The van der Waals surface area contributed by atoms with Gasteiger partial charge in [0.2, 0.25) is 0 Å². The first-order valence-electron chi connectivity index (χ1n) is 5.10. The average molecular weight is 311 g/mol. The van der Waals surface area contributed by atoms with E-state index in [1.807, 2.05) is 0 Å². The molecular formula is C9H8F3N3O4S. The highest BCUT2D eigenvalue weighted by Crippen LogP contribution is 2.16. The van der Waals surface area contributed by atoms with E-state index in [-0.39, 0.29) is 10.4 Å². The number of sulfonamides is 1. The van der Waals surface area contributed by atoms with Crippen molar-refractivity contribution in [3.8, 4) is 0 Å². The third-order valence-corrected chi connectivity index (χ3v) is 3.41. The maximum Gasteiger partial charge on any atom is 0.413 e. The van der Waals surface area contributed by atoms with Crippen LogP contribution in [0.15, 0.2) is 27.9 Å². The molecule has 0 aliphatic carbocycles. The monoisotopic (exact) mass is 311 g/mol. The van der Waals surface area contributed by atoms with E-state index in [4.69, 9.17) is 0 Å². The van der Waals surface area contributed by atoms with Crippen molar-refractivity contribution in [2.45, 2.75) is 11.1 Å². The number of aromatic nitrogens is 2. The van der Waals surface area contributed by atoms with Gasteiger partial charge in [0.1, 0.15) is 0 Å². The van der Waals surface area contributed by atoms with Gasteiger partial charge in [-0.05, 0) is 18.2 Å². The van der Waals surface area contributed by atoms with Crippen LogP contribution in [0.3, 0.4) is 0 Å². The van der Waals surface area contributed by atoms with Crippen LogP contribution in [-0.2, 0) is 14.9 Å². The van der Waals surface area contributed by atoms with Gasteiger partial charge in [0, 0.05) is 0 Å². The molecule has 110 valence electrons. The molecule has 0 atom stereocenters. The Balaban J connectivity index is 2.20. The molecule has 3 N–H and O–H groups in total. The van der Waals surface area contributed by atoms with Gasteiger partial charge in [-0.1, -0.05) is 4.89 Å². The van der Waals surface area contributed by atoms with E-state index in [2.05, 4.69) is 14.8 Å². The summed E-state index contributed by atoms with van der Waals surface area (Å²) in [6.07, 6.45) is -4.65. The number of benzene rings is 1. The Morgan fingerprint density at radius 2 is 1.85 bits per heavy atom. The molecule has 0 unspecified atom stereocenters. The fourth-order valence-electron chi connectivity index (χ4n) is 1.42. The fourth-order valence-corrected chi connectivity index (χ4v) is 2.25. The normalized spacial score (nSPS) is 12.9. The molecular weight excluding hydrogens is 303 g/mol. The molecule has 2 rings (SSSR count). The van der Waals surface area contributed by atoms with Gasteiger partial charge in [0.15, 0.2) is 6.61 Å². The molecule has 1 aromatic heterocycles. The van der Waals surface area contributed by atoms with Gasteiger partial charge in [-0.25, -0.2) is 13.2 Å². The number of fused-ring (bicyclic) bond motifs is 1. The Bertz CT molecular complexity index is 778. The number of alkyl halides is 3. The van der Waals surface area contributed by atoms with Crippen molar-refractivity contribution in [2.75, 3.05) is 6.61 Å². The first-order valence-corrected chi connectivity index (χ1v) is 6.58. The van der Waals surface area contributed by atoms with E-state index in [1.165, 1.54) is 11.0 Å². The van der Waals surface area contributed by atoms with Crippen LogP contribution in [-0.4, -0.2) is 31.2 Å². The first kappa shape index (κ1) is 14.6. The molecule has 0 aliphatic rings. The van der Waals surface area contributed by atoms with Gasteiger partial charge in [-0.15, -0.1) is 0 Å². The summed E-state index contributed by atoms with van der Waals surface area (Å²) in [4.78, 5) is 20.6. The van der Waals surface area contributed by atoms with E-state index < -0.39 is 28.5 Å². The maximum atomic E-state index is 11.8. The lowest BCUT2D eigenvalue weighted by molar-refractivity contribution is -0.181. The number of rotatable bonds is 4. The van der Waals surface area contributed by atoms with Gasteiger partial charge >= 0.3 is 11.9 Å². The lowest BCUT2D eigenvalue weighted by Gasteiger charge is -2.09. The van der Waals surface area contributed by atoms with E-state index in [0.29, 0.717) is 5.52 Å². The van der Waals surface area contributed by atoms with Crippen molar-refractivity contribution < 1.29 is 26.4 Å². The lowest BCUT2D eigenvalue weighted by Crippen LogP contribution is -2.29. The second-order valence-electron chi connectivity index (χ2n) is 3.78.